The summed E-state index contributed by atoms with van der Waals surface area (Å²) in [5.74, 6) is 0.924. The molecule has 5 nitrogen and oxygen atoms in total. The summed E-state index contributed by atoms with van der Waals surface area (Å²) in [5.41, 5.74) is 5.97. The average Bonchev–Trinajstić information content (AvgIpc) is 3.03. The lowest BCUT2D eigenvalue weighted by atomic mass is 10.2. The van der Waals surface area contributed by atoms with Gasteiger partial charge in [0, 0.05) is 18.8 Å². The number of hydrogen-bond donors (Lipinski definition) is 2. The quantitative estimate of drug-likeness (QED) is 0.906. The second-order valence-corrected chi connectivity index (χ2v) is 5.36. The predicted molar refractivity (Wildman–Crippen MR) is 82.6 cm³/mol. The molecule has 0 spiro atoms. The average molecular weight is 323 g/mol. The van der Waals surface area contributed by atoms with Crippen molar-refractivity contribution in [2.24, 2.45) is 0 Å². The Morgan fingerprint density at radius 3 is 2.57 bits per heavy atom. The Hall–Kier alpha value is -2.51. The molecule has 2 aromatic rings. The molecule has 0 amide bonds. The van der Waals surface area contributed by atoms with E-state index in [4.69, 9.17) is 5.73 Å². The van der Waals surface area contributed by atoms with E-state index < -0.39 is 11.7 Å². The Balaban J connectivity index is 1.87. The van der Waals surface area contributed by atoms with Crippen LogP contribution < -0.4 is 16.0 Å². The van der Waals surface area contributed by atoms with Gasteiger partial charge < -0.3 is 16.0 Å². The Labute approximate surface area is 131 Å². The van der Waals surface area contributed by atoms with Crippen molar-refractivity contribution < 1.29 is 13.2 Å². The Morgan fingerprint density at radius 2 is 1.87 bits per heavy atom. The van der Waals surface area contributed by atoms with Crippen molar-refractivity contribution in [2.75, 3.05) is 29.0 Å². The molecule has 3 rings (SSSR count). The van der Waals surface area contributed by atoms with Crippen LogP contribution in [0.4, 0.5) is 36.2 Å². The molecule has 0 atom stereocenters. The first kappa shape index (κ1) is 15.4. The van der Waals surface area contributed by atoms with Crippen LogP contribution in [0.3, 0.4) is 0 Å². The van der Waals surface area contributed by atoms with Crippen molar-refractivity contribution in [3.05, 3.63) is 36.2 Å². The summed E-state index contributed by atoms with van der Waals surface area (Å²) in [5, 5.41) is 2.85. The lowest BCUT2D eigenvalue weighted by Gasteiger charge is -2.19. The number of aromatic nitrogens is 2. The molecule has 0 aliphatic carbocycles. The largest absolute Gasteiger partial charge is 0.416 e. The maximum atomic E-state index is 12.8. The standard InChI is InChI=1S/C15H16F3N5/c16-15(17,18)10-4-3-5-11(8-10)22-13-12(19)14(21-9-20-13)23-6-1-2-7-23/h3-5,8-9H,1-2,6-7,19H2,(H,20,21,22). The number of anilines is 4. The van der Waals surface area contributed by atoms with Gasteiger partial charge in [-0.1, -0.05) is 6.07 Å². The third-order valence-corrected chi connectivity index (χ3v) is 3.72. The zero-order valence-corrected chi connectivity index (χ0v) is 12.3. The second-order valence-electron chi connectivity index (χ2n) is 5.36. The Bertz CT molecular complexity index is 696. The van der Waals surface area contributed by atoms with Gasteiger partial charge in [0.1, 0.15) is 12.0 Å². The molecule has 0 radical (unpaired) electrons. The maximum Gasteiger partial charge on any atom is 0.416 e. The van der Waals surface area contributed by atoms with Gasteiger partial charge in [-0.3, -0.25) is 0 Å². The van der Waals surface area contributed by atoms with Crippen LogP contribution in [-0.2, 0) is 6.18 Å². The monoisotopic (exact) mass is 323 g/mol. The summed E-state index contributed by atoms with van der Waals surface area (Å²) in [7, 11) is 0. The van der Waals surface area contributed by atoms with Gasteiger partial charge in [-0.15, -0.1) is 0 Å². The molecule has 2 heterocycles. The van der Waals surface area contributed by atoms with Crippen LogP contribution in [-0.4, -0.2) is 23.1 Å². The first-order chi connectivity index (χ1) is 10.9. The van der Waals surface area contributed by atoms with Crippen LogP contribution in [0.15, 0.2) is 30.6 Å². The molecule has 0 unspecified atom stereocenters. The molecular formula is C15H16F3N5. The highest BCUT2D eigenvalue weighted by Crippen LogP contribution is 2.33. The zero-order chi connectivity index (χ0) is 16.4. The Morgan fingerprint density at radius 1 is 1.13 bits per heavy atom. The number of halogens is 3. The number of alkyl halides is 3. The maximum absolute atomic E-state index is 12.8. The van der Waals surface area contributed by atoms with Gasteiger partial charge >= 0.3 is 6.18 Å². The molecule has 0 saturated carbocycles. The lowest BCUT2D eigenvalue weighted by molar-refractivity contribution is -0.137. The van der Waals surface area contributed by atoms with Gasteiger partial charge in [0.05, 0.1) is 5.56 Å². The molecule has 1 saturated heterocycles. The number of nitrogens with zero attached hydrogens (tertiary/aromatic N) is 3. The summed E-state index contributed by atoms with van der Waals surface area (Å²) >= 11 is 0. The number of hydrogen-bond acceptors (Lipinski definition) is 5. The summed E-state index contributed by atoms with van der Waals surface area (Å²) in [6, 6.07) is 4.91. The summed E-state index contributed by atoms with van der Waals surface area (Å²) in [6.07, 6.45) is -0.894. The van der Waals surface area contributed by atoms with Gasteiger partial charge in [0.15, 0.2) is 11.6 Å². The zero-order valence-electron chi connectivity index (χ0n) is 12.3. The molecule has 1 aliphatic heterocycles. The molecule has 1 aromatic heterocycles. The number of nitrogen functional groups attached to an aromatic ring is 1. The predicted octanol–water partition coefficient (Wildman–Crippen LogP) is 3.42. The minimum Gasteiger partial charge on any atom is -0.393 e. The third kappa shape index (κ3) is 3.30. The van der Waals surface area contributed by atoms with E-state index in [-0.39, 0.29) is 5.69 Å². The topological polar surface area (TPSA) is 67.1 Å². The molecule has 1 aliphatic rings. The normalized spacial score (nSPS) is 15.0. The van der Waals surface area contributed by atoms with Crippen molar-refractivity contribution in [2.45, 2.75) is 19.0 Å². The van der Waals surface area contributed by atoms with Crippen molar-refractivity contribution in [1.82, 2.24) is 9.97 Å². The summed E-state index contributed by atoms with van der Waals surface area (Å²) < 4.78 is 38.3. The molecule has 122 valence electrons. The van der Waals surface area contributed by atoms with E-state index in [1.165, 1.54) is 18.5 Å². The highest BCUT2D eigenvalue weighted by atomic mass is 19.4. The summed E-state index contributed by atoms with van der Waals surface area (Å²) in [4.78, 5) is 10.3. The van der Waals surface area contributed by atoms with E-state index in [9.17, 15) is 13.2 Å². The van der Waals surface area contributed by atoms with Crippen molar-refractivity contribution in [3.8, 4) is 0 Å². The number of nitrogens with two attached hydrogens (primary N) is 1. The number of rotatable bonds is 3. The van der Waals surface area contributed by atoms with E-state index in [1.54, 1.807) is 0 Å². The van der Waals surface area contributed by atoms with Crippen LogP contribution in [0.1, 0.15) is 18.4 Å². The molecule has 8 heteroatoms. The van der Waals surface area contributed by atoms with Crippen LogP contribution in [0, 0.1) is 0 Å². The molecule has 1 fully saturated rings. The summed E-state index contributed by atoms with van der Waals surface area (Å²) in [6.45, 7) is 1.73. The molecule has 3 N–H and O–H groups in total. The van der Waals surface area contributed by atoms with Gasteiger partial charge in [-0.25, -0.2) is 9.97 Å². The highest BCUT2D eigenvalue weighted by Gasteiger charge is 2.30. The first-order valence-corrected chi connectivity index (χ1v) is 7.25. The van der Waals surface area contributed by atoms with Crippen molar-refractivity contribution in [3.63, 3.8) is 0 Å². The SMILES string of the molecule is Nc1c(Nc2cccc(C(F)(F)F)c2)ncnc1N1CCCC1. The van der Waals surface area contributed by atoms with Gasteiger partial charge in [0.2, 0.25) is 0 Å². The smallest absolute Gasteiger partial charge is 0.393 e. The van der Waals surface area contributed by atoms with Gasteiger partial charge in [0.25, 0.3) is 0 Å². The molecule has 0 bridgehead atoms. The van der Waals surface area contributed by atoms with E-state index in [0.717, 1.165) is 38.1 Å². The van der Waals surface area contributed by atoms with Crippen molar-refractivity contribution >= 4 is 23.0 Å². The Kier molecular flexibility index (Phi) is 3.97. The fraction of sp³-hybridized carbons (Fsp3) is 0.333. The number of nitrogens with one attached hydrogen (secondary N) is 1. The van der Waals surface area contributed by atoms with Crippen LogP contribution in [0.5, 0.6) is 0 Å². The molecule has 1 aromatic carbocycles. The van der Waals surface area contributed by atoms with E-state index in [2.05, 4.69) is 15.3 Å². The van der Waals surface area contributed by atoms with Crippen LogP contribution >= 0.6 is 0 Å². The minimum atomic E-state index is -4.39. The lowest BCUT2D eigenvalue weighted by Crippen LogP contribution is -2.21. The van der Waals surface area contributed by atoms with Crippen LogP contribution in [0.2, 0.25) is 0 Å². The van der Waals surface area contributed by atoms with Crippen molar-refractivity contribution in [1.29, 1.82) is 0 Å². The number of benzene rings is 1. The van der Waals surface area contributed by atoms with Gasteiger partial charge in [-0.2, -0.15) is 13.2 Å². The van der Waals surface area contributed by atoms with E-state index >= 15 is 0 Å². The van der Waals surface area contributed by atoms with Crippen LogP contribution in [0.25, 0.3) is 0 Å². The first-order valence-electron chi connectivity index (χ1n) is 7.25. The highest BCUT2D eigenvalue weighted by molar-refractivity contribution is 5.78. The molecule has 23 heavy (non-hydrogen) atoms. The second kappa shape index (κ2) is 5.94. The fourth-order valence-electron chi connectivity index (χ4n) is 2.58. The fourth-order valence-corrected chi connectivity index (χ4v) is 2.58. The third-order valence-electron chi connectivity index (χ3n) is 3.72. The van der Waals surface area contributed by atoms with E-state index in [1.807, 2.05) is 4.90 Å². The van der Waals surface area contributed by atoms with Gasteiger partial charge in [-0.05, 0) is 31.0 Å². The molecular weight excluding hydrogens is 307 g/mol. The minimum absolute atomic E-state index is 0.276. The van der Waals surface area contributed by atoms with E-state index in [0.29, 0.717) is 17.3 Å².